The first kappa shape index (κ1) is 10.8. The minimum Gasteiger partial charge on any atom is -0.322 e. The molecule has 0 radical (unpaired) electrons. The largest absolute Gasteiger partial charge is 0.322 e. The van der Waals surface area contributed by atoms with Crippen LogP contribution in [-0.2, 0) is 6.54 Å². The second-order valence-corrected chi connectivity index (χ2v) is 4.29. The molecular formula is C14H18N2. The Hall–Kier alpha value is -1.70. The average Bonchev–Trinajstić information content (AvgIpc) is 2.74. The number of nitrogens with zero attached hydrogens (tertiary/aromatic N) is 1. The third kappa shape index (κ3) is 2.27. The van der Waals surface area contributed by atoms with Gasteiger partial charge in [0, 0.05) is 12.4 Å². The Bertz CT molecular complexity index is 470. The normalized spacial score (nSPS) is 10.4. The maximum absolute atomic E-state index is 3.35. The van der Waals surface area contributed by atoms with Crippen LogP contribution in [0.15, 0.2) is 36.7 Å². The first-order valence-electron chi connectivity index (χ1n) is 5.60. The monoisotopic (exact) mass is 214 g/mol. The fourth-order valence-corrected chi connectivity index (χ4v) is 1.83. The van der Waals surface area contributed by atoms with E-state index in [0.717, 1.165) is 6.54 Å². The molecule has 84 valence electrons. The third-order valence-electron chi connectivity index (χ3n) is 3.01. The average molecular weight is 214 g/mol. The molecule has 0 unspecified atom stereocenters. The van der Waals surface area contributed by atoms with E-state index in [1.54, 1.807) is 0 Å². The zero-order valence-corrected chi connectivity index (χ0v) is 10.1. The fraction of sp³-hybridized carbons (Fsp3) is 0.286. The van der Waals surface area contributed by atoms with Gasteiger partial charge in [-0.1, -0.05) is 12.1 Å². The lowest BCUT2D eigenvalue weighted by Gasteiger charge is -2.12. The van der Waals surface area contributed by atoms with Crippen molar-refractivity contribution in [3.8, 4) is 0 Å². The molecule has 2 heteroatoms. The van der Waals surface area contributed by atoms with Crippen molar-refractivity contribution < 1.29 is 0 Å². The number of hydrogen-bond acceptors (Lipinski definition) is 1. The zero-order chi connectivity index (χ0) is 11.5. The molecule has 0 aliphatic heterocycles. The van der Waals surface area contributed by atoms with Crippen molar-refractivity contribution in [1.29, 1.82) is 0 Å². The smallest absolute Gasteiger partial charge is 0.0566 e. The highest BCUT2D eigenvalue weighted by Crippen LogP contribution is 2.15. The second kappa shape index (κ2) is 4.44. The first-order chi connectivity index (χ1) is 7.66. The van der Waals surface area contributed by atoms with Gasteiger partial charge in [0.05, 0.1) is 6.54 Å². The lowest BCUT2D eigenvalue weighted by Crippen LogP contribution is -2.12. The van der Waals surface area contributed by atoms with Crippen LogP contribution in [0.25, 0.3) is 0 Å². The predicted molar refractivity (Wildman–Crippen MR) is 68.1 cm³/mol. The van der Waals surface area contributed by atoms with Crippen LogP contribution in [0.2, 0.25) is 0 Å². The summed E-state index contributed by atoms with van der Waals surface area (Å²) in [7, 11) is 0. The number of benzene rings is 1. The first-order valence-corrected chi connectivity index (χ1v) is 5.60. The molecular weight excluding hydrogens is 196 g/mol. The minimum atomic E-state index is 0.863. The molecule has 1 aromatic carbocycles. The fourth-order valence-electron chi connectivity index (χ4n) is 1.83. The molecule has 16 heavy (non-hydrogen) atoms. The minimum absolute atomic E-state index is 0.863. The summed E-state index contributed by atoms with van der Waals surface area (Å²) in [4.78, 5) is 0. The van der Waals surface area contributed by atoms with E-state index in [-0.39, 0.29) is 0 Å². The summed E-state index contributed by atoms with van der Waals surface area (Å²) in [5, 5.41) is 0. The predicted octanol–water partition coefficient (Wildman–Crippen LogP) is 3.16. The van der Waals surface area contributed by atoms with Gasteiger partial charge in [0.2, 0.25) is 0 Å². The summed E-state index contributed by atoms with van der Waals surface area (Å²) in [5.41, 5.74) is 8.77. The highest BCUT2D eigenvalue weighted by atomic mass is 15.4. The van der Waals surface area contributed by atoms with E-state index in [9.17, 15) is 0 Å². The molecule has 0 saturated carbocycles. The van der Waals surface area contributed by atoms with Gasteiger partial charge in [-0.2, -0.15) is 0 Å². The van der Waals surface area contributed by atoms with Crippen LogP contribution in [-0.4, -0.2) is 4.68 Å². The zero-order valence-electron chi connectivity index (χ0n) is 10.1. The Morgan fingerprint density at radius 2 is 1.56 bits per heavy atom. The highest BCUT2D eigenvalue weighted by molar-refractivity contribution is 5.36. The van der Waals surface area contributed by atoms with Gasteiger partial charge in [-0.05, 0) is 55.2 Å². The number of aromatic nitrogens is 1. The molecule has 2 nitrogen and oxygen atoms in total. The summed E-state index contributed by atoms with van der Waals surface area (Å²) >= 11 is 0. The van der Waals surface area contributed by atoms with E-state index in [0.29, 0.717) is 0 Å². The highest BCUT2D eigenvalue weighted by Gasteiger charge is 2.01. The van der Waals surface area contributed by atoms with Crippen LogP contribution < -0.4 is 5.43 Å². The summed E-state index contributed by atoms with van der Waals surface area (Å²) in [6.07, 6.45) is 4.02. The van der Waals surface area contributed by atoms with Crippen LogP contribution >= 0.6 is 0 Å². The molecule has 2 rings (SSSR count). The van der Waals surface area contributed by atoms with E-state index in [4.69, 9.17) is 0 Å². The van der Waals surface area contributed by atoms with Crippen LogP contribution in [0.3, 0.4) is 0 Å². The second-order valence-electron chi connectivity index (χ2n) is 4.29. The van der Waals surface area contributed by atoms with Crippen molar-refractivity contribution in [1.82, 2.24) is 4.68 Å². The lowest BCUT2D eigenvalue weighted by molar-refractivity contribution is 0.842. The molecule has 0 spiro atoms. The molecule has 0 aliphatic rings. The van der Waals surface area contributed by atoms with Crippen LogP contribution in [0.5, 0.6) is 0 Å². The SMILES string of the molecule is Cc1cc(C)c(CNn2cccc2)cc1C. The van der Waals surface area contributed by atoms with Gasteiger partial charge in [-0.15, -0.1) is 0 Å². The van der Waals surface area contributed by atoms with Gasteiger partial charge in [-0.25, -0.2) is 0 Å². The van der Waals surface area contributed by atoms with E-state index in [2.05, 4.69) is 38.3 Å². The third-order valence-corrected chi connectivity index (χ3v) is 3.01. The summed E-state index contributed by atoms with van der Waals surface area (Å²) in [6.45, 7) is 7.35. The van der Waals surface area contributed by atoms with Gasteiger partial charge in [0.25, 0.3) is 0 Å². The quantitative estimate of drug-likeness (QED) is 0.830. The van der Waals surface area contributed by atoms with E-state index < -0.39 is 0 Å². The van der Waals surface area contributed by atoms with Crippen LogP contribution in [0.4, 0.5) is 0 Å². The molecule has 0 amide bonds. The summed E-state index contributed by atoms with van der Waals surface area (Å²) in [6, 6.07) is 8.55. The molecule has 0 bridgehead atoms. The number of hydrogen-bond donors (Lipinski definition) is 1. The van der Waals surface area contributed by atoms with Crippen molar-refractivity contribution in [3.63, 3.8) is 0 Å². The van der Waals surface area contributed by atoms with Gasteiger partial charge in [0.15, 0.2) is 0 Å². The van der Waals surface area contributed by atoms with Crippen LogP contribution in [0, 0.1) is 20.8 Å². The molecule has 0 aliphatic carbocycles. The Morgan fingerprint density at radius 1 is 0.938 bits per heavy atom. The Balaban J connectivity index is 2.12. The number of rotatable bonds is 3. The Labute approximate surface area is 96.9 Å². The number of aryl methyl sites for hydroxylation is 3. The molecule has 0 fully saturated rings. The van der Waals surface area contributed by atoms with Gasteiger partial charge >= 0.3 is 0 Å². The van der Waals surface area contributed by atoms with E-state index in [1.807, 2.05) is 29.2 Å². The van der Waals surface area contributed by atoms with Crippen LogP contribution in [0.1, 0.15) is 22.3 Å². The standard InChI is InChI=1S/C14H18N2/c1-11-8-13(3)14(9-12(11)2)10-15-16-6-4-5-7-16/h4-9,15H,10H2,1-3H3. The van der Waals surface area contributed by atoms with Crippen molar-refractivity contribution in [3.05, 3.63) is 58.9 Å². The topological polar surface area (TPSA) is 17.0 Å². The van der Waals surface area contributed by atoms with Crippen molar-refractivity contribution in [2.24, 2.45) is 0 Å². The Morgan fingerprint density at radius 3 is 2.25 bits per heavy atom. The summed E-state index contributed by atoms with van der Waals surface area (Å²) < 4.78 is 1.98. The maximum atomic E-state index is 3.35. The summed E-state index contributed by atoms with van der Waals surface area (Å²) in [5.74, 6) is 0. The molecule has 0 atom stereocenters. The molecule has 1 aromatic heterocycles. The molecule has 0 saturated heterocycles. The molecule has 1 N–H and O–H groups in total. The molecule has 2 aromatic rings. The Kier molecular flexibility index (Phi) is 3.00. The van der Waals surface area contributed by atoms with Gasteiger partial charge < -0.3 is 5.43 Å². The number of nitrogens with one attached hydrogen (secondary N) is 1. The van der Waals surface area contributed by atoms with E-state index >= 15 is 0 Å². The van der Waals surface area contributed by atoms with Crippen molar-refractivity contribution in [2.75, 3.05) is 5.43 Å². The maximum Gasteiger partial charge on any atom is 0.0566 e. The molecule has 1 heterocycles. The van der Waals surface area contributed by atoms with Gasteiger partial charge in [0.1, 0.15) is 0 Å². The van der Waals surface area contributed by atoms with Gasteiger partial charge in [-0.3, -0.25) is 4.68 Å². The van der Waals surface area contributed by atoms with E-state index in [1.165, 1.54) is 22.3 Å². The van der Waals surface area contributed by atoms with Crippen molar-refractivity contribution in [2.45, 2.75) is 27.3 Å². The lowest BCUT2D eigenvalue weighted by atomic mass is 10.0. The van der Waals surface area contributed by atoms with Crippen molar-refractivity contribution >= 4 is 0 Å².